The van der Waals surface area contributed by atoms with Crippen LogP contribution in [-0.2, 0) is 6.61 Å². The second kappa shape index (κ2) is 9.99. The van der Waals surface area contributed by atoms with Crippen molar-refractivity contribution in [2.75, 3.05) is 22.5 Å². The lowest BCUT2D eigenvalue weighted by atomic mass is 10.1. The minimum absolute atomic E-state index is 0.0606. The Bertz CT molecular complexity index is 1010. The Labute approximate surface area is 173 Å². The van der Waals surface area contributed by atoms with E-state index in [1.165, 1.54) is 12.4 Å². The number of hydrogen-bond donors (Lipinski definition) is 5. The molecular weight excluding hydrogens is 384 g/mol. The predicted molar refractivity (Wildman–Crippen MR) is 115 cm³/mol. The van der Waals surface area contributed by atoms with E-state index in [0.29, 0.717) is 23.6 Å². The van der Waals surface area contributed by atoms with Crippen LogP contribution in [0.2, 0.25) is 0 Å². The number of nitrogens with one attached hydrogen (secondary N) is 4. The third-order valence-corrected chi connectivity index (χ3v) is 4.06. The summed E-state index contributed by atoms with van der Waals surface area (Å²) in [5.74, 6) is -0.0945. The van der Waals surface area contributed by atoms with Crippen molar-refractivity contribution < 1.29 is 14.7 Å². The molecule has 2 heterocycles. The predicted octanol–water partition coefficient (Wildman–Crippen LogP) is 3.11. The van der Waals surface area contributed by atoms with Gasteiger partial charge in [0.25, 0.3) is 5.91 Å². The molecule has 0 fully saturated rings. The average molecular weight is 406 g/mol. The number of anilines is 4. The normalized spacial score (nSPS) is 10.2. The van der Waals surface area contributed by atoms with Crippen molar-refractivity contribution in [1.29, 1.82) is 0 Å². The number of amides is 3. The van der Waals surface area contributed by atoms with Crippen LogP contribution < -0.4 is 21.3 Å². The molecule has 0 bridgehead atoms. The van der Waals surface area contributed by atoms with Gasteiger partial charge in [-0.25, -0.2) is 9.78 Å². The van der Waals surface area contributed by atoms with Gasteiger partial charge in [0, 0.05) is 30.7 Å². The van der Waals surface area contributed by atoms with E-state index >= 15 is 0 Å². The van der Waals surface area contributed by atoms with E-state index in [4.69, 9.17) is 0 Å². The van der Waals surface area contributed by atoms with Crippen LogP contribution in [0.5, 0.6) is 0 Å². The number of nitrogens with zero attached hydrogens (tertiary/aromatic N) is 2. The van der Waals surface area contributed by atoms with Crippen molar-refractivity contribution in [3.8, 4) is 0 Å². The van der Waals surface area contributed by atoms with Crippen LogP contribution in [0.1, 0.15) is 22.8 Å². The molecule has 3 aromatic rings. The number of aliphatic hydroxyl groups excluding tert-OH is 1. The highest BCUT2D eigenvalue weighted by Gasteiger charge is 2.15. The summed E-state index contributed by atoms with van der Waals surface area (Å²) >= 11 is 0. The summed E-state index contributed by atoms with van der Waals surface area (Å²) in [4.78, 5) is 32.8. The molecule has 5 N–H and O–H groups in total. The smallest absolute Gasteiger partial charge is 0.320 e. The van der Waals surface area contributed by atoms with Gasteiger partial charge in [0.1, 0.15) is 5.82 Å². The number of rotatable bonds is 7. The number of pyridine rings is 2. The topological polar surface area (TPSA) is 128 Å². The molecule has 0 unspecified atom stereocenters. The fourth-order valence-electron chi connectivity index (χ4n) is 2.61. The first kappa shape index (κ1) is 20.7. The van der Waals surface area contributed by atoms with Gasteiger partial charge in [-0.3, -0.25) is 15.1 Å². The third kappa shape index (κ3) is 5.52. The second-order valence-corrected chi connectivity index (χ2v) is 6.28. The van der Waals surface area contributed by atoms with E-state index in [2.05, 4.69) is 31.2 Å². The Hall–Kier alpha value is -3.98. The van der Waals surface area contributed by atoms with Gasteiger partial charge in [0.15, 0.2) is 0 Å². The van der Waals surface area contributed by atoms with E-state index in [0.717, 1.165) is 5.56 Å². The Balaban J connectivity index is 1.89. The van der Waals surface area contributed by atoms with Crippen molar-refractivity contribution in [2.24, 2.45) is 0 Å². The number of urea groups is 1. The summed E-state index contributed by atoms with van der Waals surface area (Å²) < 4.78 is 0. The van der Waals surface area contributed by atoms with Crippen molar-refractivity contribution in [2.45, 2.75) is 13.5 Å². The van der Waals surface area contributed by atoms with Crippen LogP contribution in [0.15, 0.2) is 61.1 Å². The molecule has 0 saturated heterocycles. The minimum Gasteiger partial charge on any atom is -0.392 e. The average Bonchev–Trinajstić information content (AvgIpc) is 2.75. The van der Waals surface area contributed by atoms with Crippen LogP contribution in [-0.4, -0.2) is 33.6 Å². The maximum absolute atomic E-state index is 12.8. The largest absolute Gasteiger partial charge is 0.392 e. The molecule has 9 nitrogen and oxygen atoms in total. The summed E-state index contributed by atoms with van der Waals surface area (Å²) in [5, 5.41) is 20.4. The summed E-state index contributed by atoms with van der Waals surface area (Å²) in [6.07, 6.45) is 4.54. The van der Waals surface area contributed by atoms with Gasteiger partial charge in [-0.1, -0.05) is 12.1 Å². The second-order valence-electron chi connectivity index (χ2n) is 6.28. The fraction of sp³-hybridized carbons (Fsp3) is 0.143. The molecule has 0 aliphatic heterocycles. The van der Waals surface area contributed by atoms with Gasteiger partial charge in [0.2, 0.25) is 0 Å². The van der Waals surface area contributed by atoms with E-state index < -0.39 is 6.03 Å². The maximum atomic E-state index is 12.8. The summed E-state index contributed by atoms with van der Waals surface area (Å²) in [7, 11) is 0. The first-order chi connectivity index (χ1) is 14.6. The van der Waals surface area contributed by atoms with Crippen LogP contribution in [0.4, 0.5) is 27.7 Å². The van der Waals surface area contributed by atoms with Crippen LogP contribution in [0, 0.1) is 0 Å². The monoisotopic (exact) mass is 406 g/mol. The summed E-state index contributed by atoms with van der Waals surface area (Å²) in [6, 6.07) is 11.7. The number of aliphatic hydroxyl groups is 1. The van der Waals surface area contributed by atoms with Gasteiger partial charge >= 0.3 is 6.03 Å². The van der Waals surface area contributed by atoms with E-state index in [1.807, 2.05) is 6.92 Å². The number of hydrogen-bond acceptors (Lipinski definition) is 6. The molecule has 154 valence electrons. The minimum atomic E-state index is -0.393. The van der Waals surface area contributed by atoms with Crippen LogP contribution in [0.3, 0.4) is 0 Å². The molecule has 30 heavy (non-hydrogen) atoms. The Morgan fingerprint density at radius 2 is 1.83 bits per heavy atom. The molecule has 1 aromatic carbocycles. The molecular formula is C21H22N6O3. The maximum Gasteiger partial charge on any atom is 0.320 e. The Morgan fingerprint density at radius 3 is 2.50 bits per heavy atom. The van der Waals surface area contributed by atoms with Gasteiger partial charge in [-0.15, -0.1) is 0 Å². The quantitative estimate of drug-likeness (QED) is 0.410. The fourth-order valence-corrected chi connectivity index (χ4v) is 2.61. The molecule has 0 spiro atoms. The summed E-state index contributed by atoms with van der Waals surface area (Å²) in [6.45, 7) is 2.22. The van der Waals surface area contributed by atoms with Crippen molar-refractivity contribution >= 4 is 34.8 Å². The Kier molecular flexibility index (Phi) is 6.91. The highest BCUT2D eigenvalue weighted by atomic mass is 16.3. The molecule has 0 aliphatic carbocycles. The van der Waals surface area contributed by atoms with Crippen molar-refractivity contribution in [3.05, 3.63) is 72.2 Å². The number of carbonyl (C=O) groups is 2. The number of carbonyl (C=O) groups excluding carboxylic acids is 2. The third-order valence-electron chi connectivity index (χ3n) is 4.06. The summed E-state index contributed by atoms with van der Waals surface area (Å²) in [5.41, 5.74) is 2.76. The van der Waals surface area contributed by atoms with E-state index in [1.54, 1.807) is 48.7 Å². The highest BCUT2D eigenvalue weighted by Crippen LogP contribution is 2.24. The van der Waals surface area contributed by atoms with E-state index in [-0.39, 0.29) is 23.9 Å². The van der Waals surface area contributed by atoms with Crippen LogP contribution in [0.25, 0.3) is 0 Å². The molecule has 0 atom stereocenters. The lowest BCUT2D eigenvalue weighted by Gasteiger charge is -2.14. The standard InChI is InChI=1S/C21H22N6O3/c1-2-23-21(30)27-19-10-18(25-15-7-5-14(13-28)6-8-15)17(12-24-19)20(29)26-16-4-3-9-22-11-16/h3-12,28H,2,13H2,1H3,(H,26,29)(H3,23,24,25,27,30). The van der Waals surface area contributed by atoms with Gasteiger partial charge in [0.05, 0.1) is 29.7 Å². The Morgan fingerprint density at radius 1 is 1.03 bits per heavy atom. The highest BCUT2D eigenvalue weighted by molar-refractivity contribution is 6.08. The zero-order chi connectivity index (χ0) is 21.3. The first-order valence-electron chi connectivity index (χ1n) is 9.32. The molecule has 3 amide bonds. The van der Waals surface area contributed by atoms with Crippen molar-refractivity contribution in [1.82, 2.24) is 15.3 Å². The zero-order valence-electron chi connectivity index (χ0n) is 16.3. The first-order valence-corrected chi connectivity index (χ1v) is 9.32. The van der Waals surface area contributed by atoms with Crippen molar-refractivity contribution in [3.63, 3.8) is 0 Å². The van der Waals surface area contributed by atoms with Crippen LogP contribution >= 0.6 is 0 Å². The molecule has 2 aromatic heterocycles. The molecule has 0 radical (unpaired) electrons. The SMILES string of the molecule is CCNC(=O)Nc1cc(Nc2ccc(CO)cc2)c(C(=O)Nc2cccnc2)cn1. The van der Waals surface area contributed by atoms with Gasteiger partial charge < -0.3 is 21.1 Å². The lowest BCUT2D eigenvalue weighted by molar-refractivity contribution is 0.102. The molecule has 3 rings (SSSR count). The van der Waals surface area contributed by atoms with E-state index in [9.17, 15) is 14.7 Å². The molecule has 9 heteroatoms. The molecule has 0 aliphatic rings. The van der Waals surface area contributed by atoms with Gasteiger partial charge in [-0.2, -0.15) is 0 Å². The zero-order valence-corrected chi connectivity index (χ0v) is 16.3. The van der Waals surface area contributed by atoms with Gasteiger partial charge in [-0.05, 0) is 36.8 Å². The lowest BCUT2D eigenvalue weighted by Crippen LogP contribution is -2.28. The number of aromatic nitrogens is 2. The number of benzene rings is 1. The molecule has 0 saturated carbocycles.